The lowest BCUT2D eigenvalue weighted by Crippen LogP contribution is -2.52. The molecule has 0 unspecified atom stereocenters. The van der Waals surface area contributed by atoms with Crippen LogP contribution in [0.5, 0.6) is 0 Å². The Morgan fingerprint density at radius 3 is 2.77 bits per heavy atom. The van der Waals surface area contributed by atoms with E-state index in [4.69, 9.17) is 9.47 Å². The standard InChI is InChI=1S/C18H22N2O6/c1-11-4-5-12(20(23)24)8-14(11)19-16(22)13-9-15(21)26-18(13)6-7-25-17(2,3)10-18/h4-5,8,13H,6-7,9-10H2,1-3H3,(H,19,22)/t13-,18+/m0/s1. The fourth-order valence-electron chi connectivity index (χ4n) is 3.85. The first-order chi connectivity index (χ1) is 12.1. The van der Waals surface area contributed by atoms with Crippen molar-refractivity contribution in [2.45, 2.75) is 51.2 Å². The van der Waals surface area contributed by atoms with Gasteiger partial charge in [0.2, 0.25) is 5.91 Å². The first-order valence-electron chi connectivity index (χ1n) is 8.54. The van der Waals surface area contributed by atoms with Crippen molar-refractivity contribution in [2.75, 3.05) is 11.9 Å². The Morgan fingerprint density at radius 1 is 1.38 bits per heavy atom. The molecular formula is C18H22N2O6. The average molecular weight is 362 g/mol. The number of aryl methyl sites for hydroxylation is 1. The summed E-state index contributed by atoms with van der Waals surface area (Å²) < 4.78 is 11.3. The molecule has 0 aliphatic carbocycles. The van der Waals surface area contributed by atoms with Crippen LogP contribution in [0.1, 0.15) is 38.7 Å². The van der Waals surface area contributed by atoms with Crippen LogP contribution in [0.2, 0.25) is 0 Å². The van der Waals surface area contributed by atoms with Crippen molar-refractivity contribution in [1.82, 2.24) is 0 Å². The molecule has 2 fully saturated rings. The van der Waals surface area contributed by atoms with Crippen LogP contribution >= 0.6 is 0 Å². The number of nitrogens with one attached hydrogen (secondary N) is 1. The number of anilines is 1. The summed E-state index contributed by atoms with van der Waals surface area (Å²) in [6, 6.07) is 4.29. The summed E-state index contributed by atoms with van der Waals surface area (Å²) in [6.07, 6.45) is 0.877. The van der Waals surface area contributed by atoms with Crippen molar-refractivity contribution < 1.29 is 24.0 Å². The van der Waals surface area contributed by atoms with Crippen LogP contribution in [-0.4, -0.2) is 34.6 Å². The minimum atomic E-state index is -0.891. The number of hydrogen-bond donors (Lipinski definition) is 1. The first-order valence-corrected chi connectivity index (χ1v) is 8.54. The monoisotopic (exact) mass is 362 g/mol. The van der Waals surface area contributed by atoms with Crippen LogP contribution in [0.4, 0.5) is 11.4 Å². The summed E-state index contributed by atoms with van der Waals surface area (Å²) in [6.45, 7) is 5.96. The third kappa shape index (κ3) is 3.41. The second-order valence-corrected chi connectivity index (χ2v) is 7.58. The van der Waals surface area contributed by atoms with E-state index in [0.717, 1.165) is 0 Å². The van der Waals surface area contributed by atoms with Crippen molar-refractivity contribution in [3.05, 3.63) is 33.9 Å². The zero-order valence-electron chi connectivity index (χ0n) is 15.0. The Bertz CT molecular complexity index is 775. The van der Waals surface area contributed by atoms with E-state index in [1.807, 2.05) is 13.8 Å². The highest BCUT2D eigenvalue weighted by atomic mass is 16.6. The van der Waals surface area contributed by atoms with E-state index in [1.165, 1.54) is 12.1 Å². The Kier molecular flexibility index (Phi) is 4.47. The summed E-state index contributed by atoms with van der Waals surface area (Å²) in [5.74, 6) is -1.42. The molecule has 2 aliphatic heterocycles. The Balaban J connectivity index is 1.86. The largest absolute Gasteiger partial charge is 0.458 e. The number of nitro benzene ring substituents is 1. The van der Waals surface area contributed by atoms with Gasteiger partial charge in [-0.3, -0.25) is 19.7 Å². The van der Waals surface area contributed by atoms with Gasteiger partial charge >= 0.3 is 5.97 Å². The van der Waals surface area contributed by atoms with Crippen LogP contribution < -0.4 is 5.32 Å². The number of nitro groups is 1. The molecular weight excluding hydrogens is 340 g/mol. The van der Waals surface area contributed by atoms with Crippen molar-refractivity contribution in [3.8, 4) is 0 Å². The normalized spacial score (nSPS) is 27.2. The Hall–Kier alpha value is -2.48. The number of rotatable bonds is 3. The van der Waals surface area contributed by atoms with Gasteiger partial charge in [-0.2, -0.15) is 0 Å². The van der Waals surface area contributed by atoms with Gasteiger partial charge < -0.3 is 14.8 Å². The minimum Gasteiger partial charge on any atom is -0.458 e. The predicted molar refractivity (Wildman–Crippen MR) is 92.7 cm³/mol. The van der Waals surface area contributed by atoms with E-state index in [0.29, 0.717) is 30.7 Å². The fourth-order valence-corrected chi connectivity index (χ4v) is 3.85. The summed E-state index contributed by atoms with van der Waals surface area (Å²) >= 11 is 0. The molecule has 1 amide bonds. The molecule has 2 atom stereocenters. The number of nitrogens with zero attached hydrogens (tertiary/aromatic N) is 1. The third-order valence-electron chi connectivity index (χ3n) is 5.07. The van der Waals surface area contributed by atoms with E-state index in [2.05, 4.69) is 5.32 Å². The van der Waals surface area contributed by atoms with Crippen molar-refractivity contribution >= 4 is 23.3 Å². The molecule has 1 aromatic rings. The van der Waals surface area contributed by atoms with Crippen molar-refractivity contribution in [2.24, 2.45) is 5.92 Å². The molecule has 0 saturated carbocycles. The highest BCUT2D eigenvalue weighted by Crippen LogP contribution is 2.46. The maximum atomic E-state index is 12.9. The molecule has 1 aromatic carbocycles. The van der Waals surface area contributed by atoms with Crippen LogP contribution in [0.15, 0.2) is 18.2 Å². The Labute approximate surface area is 151 Å². The number of carbonyl (C=O) groups is 2. The molecule has 2 aliphatic rings. The molecule has 0 aromatic heterocycles. The predicted octanol–water partition coefficient (Wildman–Crippen LogP) is 2.73. The molecule has 2 saturated heterocycles. The maximum Gasteiger partial charge on any atom is 0.307 e. The Morgan fingerprint density at radius 2 is 2.12 bits per heavy atom. The highest BCUT2D eigenvalue weighted by molar-refractivity contribution is 5.97. The average Bonchev–Trinajstić information content (AvgIpc) is 2.83. The summed E-state index contributed by atoms with van der Waals surface area (Å²) in [4.78, 5) is 35.4. The zero-order valence-corrected chi connectivity index (χ0v) is 15.0. The number of esters is 1. The van der Waals surface area contributed by atoms with Crippen molar-refractivity contribution in [3.63, 3.8) is 0 Å². The molecule has 2 heterocycles. The van der Waals surface area contributed by atoms with Crippen LogP contribution in [-0.2, 0) is 19.1 Å². The second-order valence-electron chi connectivity index (χ2n) is 7.58. The minimum absolute atomic E-state index is 0.00408. The van der Waals surface area contributed by atoms with Gasteiger partial charge in [0.1, 0.15) is 5.60 Å². The van der Waals surface area contributed by atoms with Crippen LogP contribution in [0.25, 0.3) is 0 Å². The smallest absolute Gasteiger partial charge is 0.307 e. The highest BCUT2D eigenvalue weighted by Gasteiger charge is 2.56. The van der Waals surface area contributed by atoms with Crippen LogP contribution in [0, 0.1) is 23.0 Å². The van der Waals surface area contributed by atoms with Gasteiger partial charge in [-0.25, -0.2) is 0 Å². The van der Waals surface area contributed by atoms with E-state index < -0.39 is 28.0 Å². The topological polar surface area (TPSA) is 108 Å². The summed E-state index contributed by atoms with van der Waals surface area (Å²) in [5.41, 5.74) is -0.424. The quantitative estimate of drug-likeness (QED) is 0.503. The van der Waals surface area contributed by atoms with Gasteiger partial charge in [-0.05, 0) is 26.3 Å². The van der Waals surface area contributed by atoms with E-state index in [-0.39, 0.29) is 18.0 Å². The fraction of sp³-hybridized carbons (Fsp3) is 0.556. The molecule has 1 N–H and O–H groups in total. The third-order valence-corrected chi connectivity index (χ3v) is 5.07. The number of ether oxygens (including phenoxy) is 2. The number of non-ortho nitro benzene ring substituents is 1. The van der Waals surface area contributed by atoms with Crippen molar-refractivity contribution in [1.29, 1.82) is 0 Å². The van der Waals surface area contributed by atoms with E-state index in [9.17, 15) is 19.7 Å². The SMILES string of the molecule is Cc1ccc([N+](=O)[O-])cc1NC(=O)[C@@H]1CC(=O)O[C@@]12CCOC(C)(C)C2. The molecule has 8 heteroatoms. The number of amides is 1. The number of hydrogen-bond acceptors (Lipinski definition) is 6. The first kappa shape index (κ1) is 18.3. The van der Waals surface area contributed by atoms with Gasteiger partial charge in [-0.1, -0.05) is 6.07 Å². The van der Waals surface area contributed by atoms with E-state index in [1.54, 1.807) is 13.0 Å². The molecule has 8 nitrogen and oxygen atoms in total. The second kappa shape index (κ2) is 6.35. The zero-order chi connectivity index (χ0) is 19.1. The number of benzene rings is 1. The lowest BCUT2D eigenvalue weighted by molar-refractivity contribution is -0.384. The van der Waals surface area contributed by atoms with Gasteiger partial charge in [0.25, 0.3) is 5.69 Å². The molecule has 3 rings (SSSR count). The summed E-state index contributed by atoms with van der Waals surface area (Å²) in [5, 5.41) is 13.7. The lowest BCUT2D eigenvalue weighted by Gasteiger charge is -2.43. The van der Waals surface area contributed by atoms with Gasteiger partial charge in [0, 0.05) is 25.0 Å². The molecule has 140 valence electrons. The van der Waals surface area contributed by atoms with E-state index >= 15 is 0 Å². The van der Waals surface area contributed by atoms with Gasteiger partial charge in [-0.15, -0.1) is 0 Å². The molecule has 0 radical (unpaired) electrons. The van der Waals surface area contributed by atoms with Gasteiger partial charge in [0.15, 0.2) is 0 Å². The molecule has 26 heavy (non-hydrogen) atoms. The molecule has 1 spiro atoms. The summed E-state index contributed by atoms with van der Waals surface area (Å²) in [7, 11) is 0. The van der Waals surface area contributed by atoms with Gasteiger partial charge in [0.05, 0.1) is 35.2 Å². The molecule has 0 bridgehead atoms. The lowest BCUT2D eigenvalue weighted by atomic mass is 9.75. The number of carbonyl (C=O) groups excluding carboxylic acids is 2. The van der Waals surface area contributed by atoms with Crippen LogP contribution in [0.3, 0.4) is 0 Å². The maximum absolute atomic E-state index is 12.9.